The molecule has 0 aliphatic heterocycles. The number of amides is 2. The first-order chi connectivity index (χ1) is 17.2. The molecule has 2 amide bonds. The number of hydrazone groups is 1. The van der Waals surface area contributed by atoms with Crippen molar-refractivity contribution >= 4 is 81.1 Å². The molecule has 3 aromatic carbocycles. The molecular weight excluding hydrogens is 640 g/mol. The summed E-state index contributed by atoms with van der Waals surface area (Å²) in [7, 11) is 1.53. The summed E-state index contributed by atoms with van der Waals surface area (Å²) < 4.78 is 12.2. The maximum atomic E-state index is 12.1. The molecule has 0 saturated carbocycles. The molecule has 0 aliphatic carbocycles. The van der Waals surface area contributed by atoms with E-state index in [0.29, 0.717) is 37.8 Å². The monoisotopic (exact) mass is 659 g/mol. The summed E-state index contributed by atoms with van der Waals surface area (Å²) in [6.07, 6.45) is 1.46. The summed E-state index contributed by atoms with van der Waals surface area (Å²) in [6.45, 7) is 0.233. The van der Waals surface area contributed by atoms with Gasteiger partial charge in [-0.3, -0.25) is 9.59 Å². The topological polar surface area (TPSA) is 89.0 Å². The van der Waals surface area contributed by atoms with E-state index in [1.54, 1.807) is 48.5 Å². The Morgan fingerprint density at radius 3 is 2.47 bits per heavy atom. The van der Waals surface area contributed by atoms with Crippen LogP contribution in [0.25, 0.3) is 0 Å². The molecule has 7 nitrogen and oxygen atoms in total. The van der Waals surface area contributed by atoms with Gasteiger partial charge in [0.15, 0.2) is 11.5 Å². The van der Waals surface area contributed by atoms with Crippen LogP contribution in [-0.4, -0.2) is 25.1 Å². The van der Waals surface area contributed by atoms with Crippen LogP contribution in [-0.2, 0) is 16.2 Å². The Kier molecular flexibility index (Phi) is 10.7. The van der Waals surface area contributed by atoms with Crippen molar-refractivity contribution in [2.75, 3.05) is 12.4 Å². The second-order valence-corrected chi connectivity index (χ2v) is 9.85. The molecule has 0 bridgehead atoms. The van der Waals surface area contributed by atoms with Gasteiger partial charge in [0.25, 0.3) is 0 Å². The third-order valence-corrected chi connectivity index (χ3v) is 6.35. The van der Waals surface area contributed by atoms with Crippen LogP contribution in [0, 0.1) is 3.57 Å². The number of hydrogen-bond acceptors (Lipinski definition) is 5. The molecule has 36 heavy (non-hydrogen) atoms. The Morgan fingerprint density at radius 1 is 1.00 bits per heavy atom. The third kappa shape index (κ3) is 8.55. The zero-order valence-corrected chi connectivity index (χ0v) is 23.4. The van der Waals surface area contributed by atoms with Gasteiger partial charge in [-0.2, -0.15) is 5.10 Å². The first kappa shape index (κ1) is 28.0. The maximum absolute atomic E-state index is 12.1. The van der Waals surface area contributed by atoms with E-state index < -0.39 is 5.91 Å². The molecule has 0 unspecified atom stereocenters. The van der Waals surface area contributed by atoms with Crippen molar-refractivity contribution in [3.05, 3.63) is 84.4 Å². The minimum absolute atomic E-state index is 0.00323. The molecule has 0 fully saturated rings. The second-order valence-electron chi connectivity index (χ2n) is 7.41. The number of hydrogen-bond donors (Lipinski definition) is 2. The number of ether oxygens (including phenoxy) is 2. The van der Waals surface area contributed by atoms with Crippen molar-refractivity contribution in [2.24, 2.45) is 5.10 Å². The smallest absolute Gasteiger partial charge is 0.240 e. The Labute approximate surface area is 237 Å². The molecule has 0 aromatic heterocycles. The SMILES string of the molecule is COc1cc(C=NNC(=O)CCC(=O)Nc2cccc(Cl)c2)cc(I)c1OCc1ccc(Cl)cc1Cl. The first-order valence-corrected chi connectivity index (χ1v) is 12.8. The molecule has 11 heteroatoms. The number of halogens is 4. The van der Waals surface area contributed by atoms with Crippen LogP contribution in [0.3, 0.4) is 0 Å². The highest BCUT2D eigenvalue weighted by Gasteiger charge is 2.13. The van der Waals surface area contributed by atoms with Gasteiger partial charge in [0.1, 0.15) is 6.61 Å². The summed E-state index contributed by atoms with van der Waals surface area (Å²) in [5.41, 5.74) is 4.46. The van der Waals surface area contributed by atoms with Gasteiger partial charge >= 0.3 is 0 Å². The van der Waals surface area contributed by atoms with Gasteiger partial charge in [-0.05, 0) is 70.6 Å². The largest absolute Gasteiger partial charge is 0.493 e. The molecule has 0 radical (unpaired) electrons. The molecule has 3 aromatic rings. The van der Waals surface area contributed by atoms with Crippen LogP contribution in [0.15, 0.2) is 59.7 Å². The summed E-state index contributed by atoms with van der Waals surface area (Å²) >= 11 is 20.2. The standard InChI is InChI=1S/C25H21Cl3IN3O4/c1-35-22-10-15(9-21(29)25(22)36-14-16-5-6-18(27)12-20(16)28)13-30-32-24(34)8-7-23(33)31-19-4-2-3-17(26)11-19/h2-6,9-13H,7-8,14H2,1H3,(H,31,33)(H,32,34). The fourth-order valence-corrected chi connectivity index (χ4v) is 4.43. The van der Waals surface area contributed by atoms with Crippen molar-refractivity contribution in [1.82, 2.24) is 5.43 Å². The van der Waals surface area contributed by atoms with E-state index in [2.05, 4.69) is 38.4 Å². The Balaban J connectivity index is 1.53. The molecule has 188 valence electrons. The Morgan fingerprint density at radius 2 is 1.75 bits per heavy atom. The predicted octanol–water partition coefficient (Wildman–Crippen LogP) is 6.71. The number of carbonyl (C=O) groups excluding carboxylic acids is 2. The Bertz CT molecular complexity index is 1290. The van der Waals surface area contributed by atoms with Gasteiger partial charge < -0.3 is 14.8 Å². The van der Waals surface area contributed by atoms with E-state index in [4.69, 9.17) is 44.3 Å². The number of carbonyl (C=O) groups is 2. The molecule has 0 atom stereocenters. The lowest BCUT2D eigenvalue weighted by Gasteiger charge is -2.14. The van der Waals surface area contributed by atoms with Crippen LogP contribution >= 0.6 is 57.4 Å². The van der Waals surface area contributed by atoms with Gasteiger partial charge in [0.05, 0.1) is 16.9 Å². The average molecular weight is 661 g/mol. The summed E-state index contributed by atoms with van der Waals surface area (Å²) in [4.78, 5) is 24.1. The van der Waals surface area contributed by atoms with Crippen LogP contribution in [0.2, 0.25) is 15.1 Å². The summed E-state index contributed by atoms with van der Waals surface area (Å²) in [5.74, 6) is 0.355. The van der Waals surface area contributed by atoms with Crippen molar-refractivity contribution in [1.29, 1.82) is 0 Å². The van der Waals surface area contributed by atoms with Crippen LogP contribution in [0.1, 0.15) is 24.0 Å². The van der Waals surface area contributed by atoms with Gasteiger partial charge in [-0.15, -0.1) is 0 Å². The van der Waals surface area contributed by atoms with Crippen LogP contribution in [0.5, 0.6) is 11.5 Å². The molecule has 2 N–H and O–H groups in total. The van der Waals surface area contributed by atoms with Gasteiger partial charge in [-0.25, -0.2) is 5.43 Å². The average Bonchev–Trinajstić information content (AvgIpc) is 2.83. The molecule has 3 rings (SSSR count). The Hall–Kier alpha value is -2.53. The number of methoxy groups -OCH3 is 1. The second kappa shape index (κ2) is 13.7. The predicted molar refractivity (Wildman–Crippen MR) is 152 cm³/mol. The lowest BCUT2D eigenvalue weighted by atomic mass is 10.2. The van der Waals surface area contributed by atoms with Gasteiger partial charge in [0.2, 0.25) is 11.8 Å². The van der Waals surface area contributed by atoms with Crippen molar-refractivity contribution in [3.63, 3.8) is 0 Å². The normalized spacial score (nSPS) is 10.8. The van der Waals surface area contributed by atoms with Crippen molar-refractivity contribution in [3.8, 4) is 11.5 Å². The first-order valence-electron chi connectivity index (χ1n) is 10.6. The maximum Gasteiger partial charge on any atom is 0.240 e. The highest BCUT2D eigenvalue weighted by molar-refractivity contribution is 14.1. The van der Waals surface area contributed by atoms with Crippen LogP contribution < -0.4 is 20.2 Å². The van der Waals surface area contributed by atoms with E-state index >= 15 is 0 Å². The lowest BCUT2D eigenvalue weighted by molar-refractivity contribution is -0.124. The van der Waals surface area contributed by atoms with Crippen molar-refractivity contribution < 1.29 is 19.1 Å². The highest BCUT2D eigenvalue weighted by atomic mass is 127. The number of nitrogens with zero attached hydrogens (tertiary/aromatic N) is 1. The highest BCUT2D eigenvalue weighted by Crippen LogP contribution is 2.35. The number of rotatable bonds is 10. The molecular formula is C25H21Cl3IN3O4. The third-order valence-electron chi connectivity index (χ3n) is 4.73. The summed E-state index contributed by atoms with van der Waals surface area (Å²) in [6, 6.07) is 15.5. The minimum atomic E-state index is -0.394. The fourth-order valence-electron chi connectivity index (χ4n) is 2.99. The zero-order chi connectivity index (χ0) is 26.1. The minimum Gasteiger partial charge on any atom is -0.493 e. The molecule has 0 spiro atoms. The molecule has 0 aliphatic rings. The van der Waals surface area contributed by atoms with Crippen LogP contribution in [0.4, 0.5) is 5.69 Å². The summed E-state index contributed by atoms with van der Waals surface area (Å²) in [5, 5.41) is 8.23. The molecule has 0 heterocycles. The fraction of sp³-hybridized carbons (Fsp3) is 0.160. The van der Waals surface area contributed by atoms with E-state index in [1.165, 1.54) is 13.3 Å². The van der Waals surface area contributed by atoms with E-state index in [9.17, 15) is 9.59 Å². The number of nitrogens with one attached hydrogen (secondary N) is 2. The van der Waals surface area contributed by atoms with Gasteiger partial charge in [-0.1, -0.05) is 46.9 Å². The van der Waals surface area contributed by atoms with Gasteiger partial charge in [0, 0.05) is 39.2 Å². The quantitative estimate of drug-likeness (QED) is 0.144. The van der Waals surface area contributed by atoms with Crippen molar-refractivity contribution in [2.45, 2.75) is 19.4 Å². The molecule has 0 saturated heterocycles. The zero-order valence-electron chi connectivity index (χ0n) is 19.0. The van der Waals surface area contributed by atoms with E-state index in [-0.39, 0.29) is 25.4 Å². The van der Waals surface area contributed by atoms with E-state index in [0.717, 1.165) is 9.13 Å². The van der Waals surface area contributed by atoms with E-state index in [1.807, 2.05) is 6.07 Å². The lowest BCUT2D eigenvalue weighted by Crippen LogP contribution is -2.20. The number of benzene rings is 3. The number of anilines is 1.